The fourth-order valence-corrected chi connectivity index (χ4v) is 2.28. The maximum atomic E-state index is 8.94. The van der Waals surface area contributed by atoms with Gasteiger partial charge in [-0.15, -0.1) is 0 Å². The minimum absolute atomic E-state index is 0.0893. The van der Waals surface area contributed by atoms with Crippen LogP contribution in [-0.2, 0) is 11.3 Å². The number of aromatic nitrogens is 2. The second kappa shape index (κ2) is 5.34. The highest BCUT2D eigenvalue weighted by Gasteiger charge is 2.09. The standard InChI is InChI=1S/C13H15N3OS/c1-3-17-9(2)8-16-12-6-10(7-14)4-5-11(12)15-13(16)18/h4-6,9H,3,8H2,1-2H3,(H,15,18). The monoisotopic (exact) mass is 261 g/mol. The third-order valence-corrected chi connectivity index (χ3v) is 3.12. The number of aromatic amines is 1. The lowest BCUT2D eigenvalue weighted by Crippen LogP contribution is -2.16. The van der Waals surface area contributed by atoms with E-state index < -0.39 is 0 Å². The molecule has 1 atom stereocenters. The average Bonchev–Trinajstić information content (AvgIpc) is 2.65. The average molecular weight is 261 g/mol. The molecule has 5 heteroatoms. The molecule has 2 aromatic rings. The van der Waals surface area contributed by atoms with Crippen molar-refractivity contribution >= 4 is 23.3 Å². The van der Waals surface area contributed by atoms with Crippen LogP contribution < -0.4 is 0 Å². The Morgan fingerprint density at radius 3 is 3.00 bits per heavy atom. The summed E-state index contributed by atoms with van der Waals surface area (Å²) in [6.45, 7) is 5.35. The first-order valence-corrected chi connectivity index (χ1v) is 6.30. The summed E-state index contributed by atoms with van der Waals surface area (Å²) in [5.41, 5.74) is 2.53. The molecule has 0 fully saturated rings. The smallest absolute Gasteiger partial charge is 0.178 e. The van der Waals surface area contributed by atoms with Crippen molar-refractivity contribution < 1.29 is 4.74 Å². The molecular formula is C13H15N3OS. The van der Waals surface area contributed by atoms with Gasteiger partial charge >= 0.3 is 0 Å². The van der Waals surface area contributed by atoms with E-state index in [4.69, 9.17) is 22.2 Å². The third-order valence-electron chi connectivity index (χ3n) is 2.80. The normalized spacial score (nSPS) is 12.5. The molecule has 1 unspecified atom stereocenters. The van der Waals surface area contributed by atoms with Gasteiger partial charge in [-0.25, -0.2) is 0 Å². The summed E-state index contributed by atoms with van der Waals surface area (Å²) in [7, 11) is 0. The molecule has 0 aliphatic heterocycles. The van der Waals surface area contributed by atoms with Gasteiger partial charge in [0.25, 0.3) is 0 Å². The lowest BCUT2D eigenvalue weighted by Gasteiger charge is -2.12. The summed E-state index contributed by atoms with van der Waals surface area (Å²) in [5.74, 6) is 0. The molecule has 0 radical (unpaired) electrons. The zero-order valence-corrected chi connectivity index (χ0v) is 11.3. The summed E-state index contributed by atoms with van der Waals surface area (Å²) >= 11 is 5.30. The Morgan fingerprint density at radius 1 is 1.56 bits per heavy atom. The molecule has 4 nitrogen and oxygen atoms in total. The number of nitrogens with one attached hydrogen (secondary N) is 1. The summed E-state index contributed by atoms with van der Waals surface area (Å²) in [4.78, 5) is 3.14. The van der Waals surface area contributed by atoms with Gasteiger partial charge < -0.3 is 14.3 Å². The minimum Gasteiger partial charge on any atom is -0.377 e. The van der Waals surface area contributed by atoms with Crippen molar-refractivity contribution in [3.05, 3.63) is 28.5 Å². The molecule has 0 saturated heterocycles. The number of rotatable bonds is 4. The Labute approximate surface area is 111 Å². The predicted molar refractivity (Wildman–Crippen MR) is 72.9 cm³/mol. The van der Waals surface area contributed by atoms with E-state index in [2.05, 4.69) is 11.1 Å². The summed E-state index contributed by atoms with van der Waals surface area (Å²) in [6, 6.07) is 7.65. The molecule has 18 heavy (non-hydrogen) atoms. The van der Waals surface area contributed by atoms with Gasteiger partial charge in [0.05, 0.1) is 35.3 Å². The van der Waals surface area contributed by atoms with Crippen molar-refractivity contribution in [3.63, 3.8) is 0 Å². The highest BCUT2D eigenvalue weighted by molar-refractivity contribution is 7.71. The van der Waals surface area contributed by atoms with Gasteiger partial charge in [-0.05, 0) is 44.3 Å². The third kappa shape index (κ3) is 2.45. The van der Waals surface area contributed by atoms with E-state index in [0.717, 1.165) is 11.0 Å². The van der Waals surface area contributed by atoms with Crippen molar-refractivity contribution in [2.45, 2.75) is 26.5 Å². The van der Waals surface area contributed by atoms with Crippen LogP contribution in [0.5, 0.6) is 0 Å². The van der Waals surface area contributed by atoms with Crippen LogP contribution in [0.2, 0.25) is 0 Å². The zero-order valence-electron chi connectivity index (χ0n) is 10.4. The van der Waals surface area contributed by atoms with E-state index in [-0.39, 0.29) is 6.10 Å². The van der Waals surface area contributed by atoms with Gasteiger partial charge in [0.1, 0.15) is 0 Å². The Morgan fingerprint density at radius 2 is 2.33 bits per heavy atom. The number of nitriles is 1. The molecule has 0 bridgehead atoms. The molecule has 1 aromatic carbocycles. The fourth-order valence-electron chi connectivity index (χ4n) is 2.00. The number of nitrogens with zero attached hydrogens (tertiary/aromatic N) is 2. The first-order valence-electron chi connectivity index (χ1n) is 5.90. The van der Waals surface area contributed by atoms with Gasteiger partial charge in [0.2, 0.25) is 0 Å². The number of hydrogen-bond acceptors (Lipinski definition) is 3. The van der Waals surface area contributed by atoms with E-state index in [1.165, 1.54) is 0 Å². The maximum absolute atomic E-state index is 8.94. The van der Waals surface area contributed by atoms with Crippen LogP contribution in [0.4, 0.5) is 0 Å². The van der Waals surface area contributed by atoms with Crippen molar-refractivity contribution in [2.75, 3.05) is 6.61 Å². The van der Waals surface area contributed by atoms with E-state index in [9.17, 15) is 0 Å². The highest BCUT2D eigenvalue weighted by atomic mass is 32.1. The molecule has 0 spiro atoms. The summed E-state index contributed by atoms with van der Waals surface area (Å²) < 4.78 is 8.17. The quantitative estimate of drug-likeness (QED) is 0.861. The zero-order chi connectivity index (χ0) is 13.1. The van der Waals surface area contributed by atoms with Gasteiger partial charge in [0.15, 0.2) is 4.77 Å². The van der Waals surface area contributed by atoms with E-state index in [0.29, 0.717) is 23.5 Å². The number of hydrogen-bond donors (Lipinski definition) is 1. The molecule has 0 amide bonds. The first-order chi connectivity index (χ1) is 8.65. The molecule has 0 aliphatic carbocycles. The molecule has 1 N–H and O–H groups in total. The molecule has 2 rings (SSSR count). The molecule has 0 saturated carbocycles. The minimum atomic E-state index is 0.0893. The van der Waals surface area contributed by atoms with Gasteiger partial charge in [-0.3, -0.25) is 0 Å². The van der Waals surface area contributed by atoms with Crippen LogP contribution in [0.25, 0.3) is 11.0 Å². The molecule has 1 heterocycles. The Bertz CT molecular complexity index is 650. The second-order valence-corrected chi connectivity index (χ2v) is 4.54. The number of benzene rings is 1. The second-order valence-electron chi connectivity index (χ2n) is 4.15. The molecule has 1 aromatic heterocycles. The highest BCUT2D eigenvalue weighted by Crippen LogP contribution is 2.17. The van der Waals surface area contributed by atoms with Crippen LogP contribution in [-0.4, -0.2) is 22.3 Å². The van der Waals surface area contributed by atoms with Crippen molar-refractivity contribution in [3.8, 4) is 6.07 Å². The van der Waals surface area contributed by atoms with Crippen LogP contribution in [0, 0.1) is 16.1 Å². The van der Waals surface area contributed by atoms with E-state index in [1.807, 2.05) is 30.5 Å². The Hall–Kier alpha value is -1.64. The molecular weight excluding hydrogens is 246 g/mol. The largest absolute Gasteiger partial charge is 0.377 e. The fraction of sp³-hybridized carbons (Fsp3) is 0.385. The topological polar surface area (TPSA) is 53.7 Å². The van der Waals surface area contributed by atoms with Crippen LogP contribution >= 0.6 is 12.2 Å². The SMILES string of the molecule is CCOC(C)Cn1c(=S)[nH]c2ccc(C#N)cc21. The van der Waals surface area contributed by atoms with Gasteiger partial charge in [0, 0.05) is 6.61 Å². The summed E-state index contributed by atoms with van der Waals surface area (Å²) in [6.07, 6.45) is 0.0893. The first kappa shape index (κ1) is 12.8. The maximum Gasteiger partial charge on any atom is 0.178 e. The van der Waals surface area contributed by atoms with Gasteiger partial charge in [-0.2, -0.15) is 5.26 Å². The van der Waals surface area contributed by atoms with Crippen LogP contribution in [0.3, 0.4) is 0 Å². The van der Waals surface area contributed by atoms with Crippen molar-refractivity contribution in [1.29, 1.82) is 5.26 Å². The number of fused-ring (bicyclic) bond motifs is 1. The van der Waals surface area contributed by atoms with Crippen LogP contribution in [0.1, 0.15) is 19.4 Å². The predicted octanol–water partition coefficient (Wildman–Crippen LogP) is 3.00. The van der Waals surface area contributed by atoms with Crippen molar-refractivity contribution in [1.82, 2.24) is 9.55 Å². The van der Waals surface area contributed by atoms with Gasteiger partial charge in [-0.1, -0.05) is 0 Å². The number of imidazole rings is 1. The molecule has 0 aliphatic rings. The van der Waals surface area contributed by atoms with E-state index >= 15 is 0 Å². The molecule has 94 valence electrons. The van der Waals surface area contributed by atoms with E-state index in [1.54, 1.807) is 6.07 Å². The Balaban J connectivity index is 2.46. The van der Waals surface area contributed by atoms with Crippen molar-refractivity contribution in [2.24, 2.45) is 0 Å². The lowest BCUT2D eigenvalue weighted by molar-refractivity contribution is 0.0645. The number of ether oxygens (including phenoxy) is 1. The summed E-state index contributed by atoms with van der Waals surface area (Å²) in [5, 5.41) is 8.94. The lowest BCUT2D eigenvalue weighted by atomic mass is 10.2. The Kier molecular flexibility index (Phi) is 3.80. The van der Waals surface area contributed by atoms with Crippen LogP contribution in [0.15, 0.2) is 18.2 Å². The number of H-pyrrole nitrogens is 1.